The first-order chi connectivity index (χ1) is 14.6. The highest BCUT2D eigenvalue weighted by Crippen LogP contribution is 2.40. The minimum Gasteiger partial charge on any atom is -0.361 e. The Kier molecular flexibility index (Phi) is 6.82. The van der Waals surface area contributed by atoms with E-state index in [1.807, 2.05) is 6.92 Å². The van der Waals surface area contributed by atoms with Gasteiger partial charge in [-0.2, -0.15) is 4.98 Å². The summed E-state index contributed by atoms with van der Waals surface area (Å²) in [5, 5.41) is 7.31. The Balaban J connectivity index is 1.41. The van der Waals surface area contributed by atoms with Gasteiger partial charge in [-0.05, 0) is 50.4 Å². The van der Waals surface area contributed by atoms with E-state index in [-0.39, 0.29) is 5.41 Å². The lowest BCUT2D eigenvalue weighted by Gasteiger charge is -2.30. The molecule has 0 spiro atoms. The standard InChI is InChI=1S/C24H33N5S/c1-19-17-21(29-15-9-2-3-10-16-29)27-22(26-19)28-23(30)25-18-24(13-7-8-14-24)20-11-5-4-6-12-20/h4-6,11-12,17H,2-3,7-10,13-16,18H2,1H3,(H2,25,26,27,28,30). The molecule has 1 aromatic carbocycles. The number of aryl methyl sites for hydroxylation is 1. The maximum Gasteiger partial charge on any atom is 0.231 e. The minimum atomic E-state index is 0.164. The lowest BCUT2D eigenvalue weighted by Crippen LogP contribution is -2.41. The van der Waals surface area contributed by atoms with Crippen molar-refractivity contribution < 1.29 is 0 Å². The monoisotopic (exact) mass is 423 g/mol. The molecule has 0 atom stereocenters. The zero-order chi connectivity index (χ0) is 20.8. The molecule has 2 aliphatic rings. The molecule has 1 aliphatic heterocycles. The maximum atomic E-state index is 5.62. The third-order valence-corrected chi connectivity index (χ3v) is 6.78. The lowest BCUT2D eigenvalue weighted by molar-refractivity contribution is 0.435. The van der Waals surface area contributed by atoms with Crippen molar-refractivity contribution in [3.05, 3.63) is 47.7 Å². The minimum absolute atomic E-state index is 0.164. The molecule has 2 fully saturated rings. The van der Waals surface area contributed by atoms with Crippen LogP contribution in [0.4, 0.5) is 11.8 Å². The van der Waals surface area contributed by atoms with Crippen molar-refractivity contribution in [2.75, 3.05) is 29.9 Å². The predicted molar refractivity (Wildman–Crippen MR) is 128 cm³/mol. The van der Waals surface area contributed by atoms with E-state index in [0.717, 1.165) is 31.1 Å². The van der Waals surface area contributed by atoms with Crippen LogP contribution in [0.25, 0.3) is 0 Å². The van der Waals surface area contributed by atoms with Crippen molar-refractivity contribution in [1.29, 1.82) is 0 Å². The predicted octanol–water partition coefficient (Wildman–Crippen LogP) is 4.96. The van der Waals surface area contributed by atoms with E-state index < -0.39 is 0 Å². The first-order valence-corrected chi connectivity index (χ1v) is 11.8. The zero-order valence-electron chi connectivity index (χ0n) is 18.0. The van der Waals surface area contributed by atoms with Gasteiger partial charge in [-0.25, -0.2) is 4.98 Å². The number of anilines is 2. The third kappa shape index (κ3) is 5.09. The molecule has 4 rings (SSSR count). The summed E-state index contributed by atoms with van der Waals surface area (Å²) in [5.41, 5.74) is 2.54. The second-order valence-electron chi connectivity index (χ2n) is 8.75. The Bertz CT molecular complexity index is 840. The van der Waals surface area contributed by atoms with Crippen LogP contribution in [0, 0.1) is 6.92 Å². The molecule has 0 amide bonds. The molecule has 2 aromatic rings. The Morgan fingerprint density at radius 2 is 1.70 bits per heavy atom. The van der Waals surface area contributed by atoms with Crippen molar-refractivity contribution in [2.45, 2.75) is 63.7 Å². The summed E-state index contributed by atoms with van der Waals surface area (Å²) in [7, 11) is 0. The fraction of sp³-hybridized carbons (Fsp3) is 0.542. The van der Waals surface area contributed by atoms with Crippen LogP contribution >= 0.6 is 12.2 Å². The molecule has 5 nitrogen and oxygen atoms in total. The van der Waals surface area contributed by atoms with Crippen LogP contribution in [-0.4, -0.2) is 34.7 Å². The molecular formula is C24H33N5S. The highest BCUT2D eigenvalue weighted by Gasteiger charge is 2.35. The van der Waals surface area contributed by atoms with E-state index in [9.17, 15) is 0 Å². The van der Waals surface area contributed by atoms with Crippen LogP contribution < -0.4 is 15.5 Å². The Labute approximate surface area is 185 Å². The molecule has 1 saturated heterocycles. The van der Waals surface area contributed by atoms with Gasteiger partial charge in [0, 0.05) is 36.8 Å². The van der Waals surface area contributed by atoms with Crippen molar-refractivity contribution in [2.24, 2.45) is 0 Å². The smallest absolute Gasteiger partial charge is 0.231 e. The summed E-state index contributed by atoms with van der Waals surface area (Å²) in [5.74, 6) is 1.60. The van der Waals surface area contributed by atoms with Crippen molar-refractivity contribution in [1.82, 2.24) is 15.3 Å². The normalized spacial score (nSPS) is 18.6. The average Bonchev–Trinajstić information content (AvgIpc) is 3.07. The highest BCUT2D eigenvalue weighted by atomic mass is 32.1. The second-order valence-corrected chi connectivity index (χ2v) is 9.16. The molecule has 1 saturated carbocycles. The number of aromatic nitrogens is 2. The summed E-state index contributed by atoms with van der Waals surface area (Å²) in [6.07, 6.45) is 10.0. The van der Waals surface area contributed by atoms with Gasteiger partial charge < -0.3 is 15.5 Å². The van der Waals surface area contributed by atoms with Gasteiger partial charge in [0.2, 0.25) is 5.95 Å². The fourth-order valence-corrected chi connectivity index (χ4v) is 5.04. The fourth-order valence-electron chi connectivity index (χ4n) is 4.88. The van der Waals surface area contributed by atoms with Crippen LogP contribution in [0.1, 0.15) is 62.6 Å². The molecule has 2 N–H and O–H groups in total. The van der Waals surface area contributed by atoms with E-state index >= 15 is 0 Å². The number of nitrogens with zero attached hydrogens (tertiary/aromatic N) is 3. The molecule has 0 radical (unpaired) electrons. The van der Waals surface area contributed by atoms with E-state index in [4.69, 9.17) is 17.2 Å². The lowest BCUT2D eigenvalue weighted by atomic mass is 9.79. The first kappa shape index (κ1) is 21.0. The van der Waals surface area contributed by atoms with Crippen LogP contribution in [0.2, 0.25) is 0 Å². The summed E-state index contributed by atoms with van der Waals surface area (Å²) >= 11 is 5.62. The molecule has 0 bridgehead atoms. The summed E-state index contributed by atoms with van der Waals surface area (Å²) in [4.78, 5) is 11.7. The van der Waals surface area contributed by atoms with Crippen LogP contribution in [0.5, 0.6) is 0 Å². The van der Waals surface area contributed by atoms with Crippen LogP contribution in [0.15, 0.2) is 36.4 Å². The number of thiocarbonyl (C=S) groups is 1. The van der Waals surface area contributed by atoms with Gasteiger partial charge in [0.15, 0.2) is 5.11 Å². The Hall–Kier alpha value is -2.21. The first-order valence-electron chi connectivity index (χ1n) is 11.4. The quantitative estimate of drug-likeness (QED) is 0.663. The van der Waals surface area contributed by atoms with Gasteiger partial charge in [-0.1, -0.05) is 56.0 Å². The van der Waals surface area contributed by atoms with Crippen LogP contribution in [-0.2, 0) is 5.41 Å². The molecule has 0 unspecified atom stereocenters. The molecule has 6 heteroatoms. The maximum absolute atomic E-state index is 5.62. The second kappa shape index (κ2) is 9.73. The van der Waals surface area contributed by atoms with Crippen LogP contribution in [0.3, 0.4) is 0 Å². The van der Waals surface area contributed by atoms with Gasteiger partial charge in [0.25, 0.3) is 0 Å². The largest absolute Gasteiger partial charge is 0.361 e. The van der Waals surface area contributed by atoms with Crippen molar-refractivity contribution in [3.8, 4) is 0 Å². The number of hydrogen-bond donors (Lipinski definition) is 2. The zero-order valence-corrected chi connectivity index (χ0v) is 18.8. The highest BCUT2D eigenvalue weighted by molar-refractivity contribution is 7.80. The molecule has 160 valence electrons. The Morgan fingerprint density at radius 3 is 2.40 bits per heavy atom. The summed E-state index contributed by atoms with van der Waals surface area (Å²) in [6.45, 7) is 5.00. The van der Waals surface area contributed by atoms with Crippen molar-refractivity contribution >= 4 is 29.1 Å². The van der Waals surface area contributed by atoms with E-state index in [1.54, 1.807) is 0 Å². The average molecular weight is 424 g/mol. The van der Waals surface area contributed by atoms with Gasteiger partial charge in [-0.3, -0.25) is 0 Å². The number of nitrogens with one attached hydrogen (secondary N) is 2. The molecular weight excluding hydrogens is 390 g/mol. The summed E-state index contributed by atoms with van der Waals surface area (Å²) in [6, 6.07) is 12.9. The van der Waals surface area contributed by atoms with Crippen molar-refractivity contribution in [3.63, 3.8) is 0 Å². The summed E-state index contributed by atoms with van der Waals surface area (Å²) < 4.78 is 0. The molecule has 30 heavy (non-hydrogen) atoms. The Morgan fingerprint density at radius 1 is 1.00 bits per heavy atom. The topological polar surface area (TPSA) is 53.1 Å². The molecule has 2 heterocycles. The van der Waals surface area contributed by atoms with E-state index in [2.05, 4.69) is 56.9 Å². The number of rotatable bonds is 5. The van der Waals surface area contributed by atoms with Gasteiger partial charge >= 0.3 is 0 Å². The van der Waals surface area contributed by atoms with Gasteiger partial charge in [0.05, 0.1) is 0 Å². The number of hydrogen-bond acceptors (Lipinski definition) is 4. The van der Waals surface area contributed by atoms with Gasteiger partial charge in [-0.15, -0.1) is 0 Å². The molecule has 1 aromatic heterocycles. The third-order valence-electron chi connectivity index (χ3n) is 6.53. The number of benzene rings is 1. The van der Waals surface area contributed by atoms with Gasteiger partial charge in [0.1, 0.15) is 5.82 Å². The van der Waals surface area contributed by atoms with E-state index in [1.165, 1.54) is 56.9 Å². The molecule has 1 aliphatic carbocycles. The SMILES string of the molecule is Cc1cc(N2CCCCCC2)nc(NC(=S)NCC2(c3ccccc3)CCCC2)n1. The van der Waals surface area contributed by atoms with E-state index in [0.29, 0.717) is 11.1 Å².